The molecule has 202 valence electrons. The average molecular weight is 631 g/mol. The molecule has 1 aliphatic rings. The van der Waals surface area contributed by atoms with Gasteiger partial charge in [0.1, 0.15) is 11.9 Å². The van der Waals surface area contributed by atoms with E-state index < -0.39 is 6.09 Å². The van der Waals surface area contributed by atoms with Crippen molar-refractivity contribution in [3.63, 3.8) is 0 Å². The summed E-state index contributed by atoms with van der Waals surface area (Å²) in [4.78, 5) is 29.4. The molecule has 1 saturated heterocycles. The van der Waals surface area contributed by atoms with Crippen molar-refractivity contribution >= 4 is 23.5 Å². The summed E-state index contributed by atoms with van der Waals surface area (Å²) in [5.41, 5.74) is 4.13. The van der Waals surface area contributed by atoms with Crippen molar-refractivity contribution < 1.29 is 47.9 Å². The molecule has 38 heavy (non-hydrogen) atoms. The lowest BCUT2D eigenvalue weighted by atomic mass is 9.99. The summed E-state index contributed by atoms with van der Waals surface area (Å²) < 4.78 is 6.70. The predicted molar refractivity (Wildman–Crippen MR) is 144 cm³/mol. The Morgan fingerprint density at radius 1 is 1.00 bits per heavy atom. The highest BCUT2D eigenvalue weighted by Gasteiger charge is 2.28. The summed E-state index contributed by atoms with van der Waals surface area (Å²) in [6.45, 7) is 1.86. The average Bonchev–Trinajstić information content (AvgIpc) is 2.90. The molecule has 0 bridgehead atoms. The number of aryl methyl sites for hydroxylation is 1. The molecule has 1 aromatic heterocycles. The Morgan fingerprint density at radius 2 is 1.71 bits per heavy atom. The molecule has 8 nitrogen and oxygen atoms in total. The summed E-state index contributed by atoms with van der Waals surface area (Å²) in [7, 11) is 4.38. The van der Waals surface area contributed by atoms with Crippen molar-refractivity contribution in [1.82, 2.24) is 4.98 Å². The Balaban J connectivity index is 0.00000400. The first-order valence-electron chi connectivity index (χ1n) is 12.6. The van der Waals surface area contributed by atoms with Crippen molar-refractivity contribution in [2.24, 2.45) is 0 Å². The largest absolute Gasteiger partial charge is 1.00 e. The van der Waals surface area contributed by atoms with Crippen molar-refractivity contribution in [2.75, 3.05) is 37.8 Å². The molecule has 4 rings (SSSR count). The van der Waals surface area contributed by atoms with Crippen LogP contribution < -0.4 is 34.6 Å². The van der Waals surface area contributed by atoms with Gasteiger partial charge >= 0.3 is 6.09 Å². The van der Waals surface area contributed by atoms with Gasteiger partial charge in [-0.1, -0.05) is 48.5 Å². The molecule has 2 heterocycles. The number of hydrogen-bond acceptors (Lipinski definition) is 5. The number of piperidine rings is 1. The number of pyridine rings is 1. The molecular weight excluding hydrogens is 595 g/mol. The normalized spacial score (nSPS) is 14.7. The van der Waals surface area contributed by atoms with Crippen molar-refractivity contribution in [3.05, 3.63) is 78.0 Å². The molecule has 0 spiro atoms. The highest BCUT2D eigenvalue weighted by atomic mass is 127. The minimum atomic E-state index is -0.457. The van der Waals surface area contributed by atoms with Gasteiger partial charge in [0.25, 0.3) is 0 Å². The van der Waals surface area contributed by atoms with Gasteiger partial charge in [-0.05, 0) is 35.2 Å². The smallest absolute Gasteiger partial charge is 0.411 e. The molecule has 2 aromatic carbocycles. The van der Waals surface area contributed by atoms with Crippen LogP contribution in [0.5, 0.6) is 0 Å². The predicted octanol–water partition coefficient (Wildman–Crippen LogP) is 1.60. The monoisotopic (exact) mass is 630 g/mol. The first kappa shape index (κ1) is 29.5. The molecule has 3 N–H and O–H groups in total. The van der Waals surface area contributed by atoms with E-state index in [0.717, 1.165) is 47.1 Å². The topological polar surface area (TPSA) is 101 Å². The van der Waals surface area contributed by atoms with E-state index in [4.69, 9.17) is 9.84 Å². The van der Waals surface area contributed by atoms with Crippen LogP contribution in [0.25, 0.3) is 11.1 Å². The van der Waals surface area contributed by atoms with Gasteiger partial charge in [0, 0.05) is 31.0 Å². The first-order valence-corrected chi connectivity index (χ1v) is 12.6. The van der Waals surface area contributed by atoms with E-state index in [2.05, 4.69) is 29.7 Å². The van der Waals surface area contributed by atoms with Crippen LogP contribution in [0.1, 0.15) is 30.4 Å². The van der Waals surface area contributed by atoms with Crippen molar-refractivity contribution in [2.45, 2.75) is 38.4 Å². The van der Waals surface area contributed by atoms with Crippen LogP contribution in [0.4, 0.5) is 16.3 Å². The molecule has 1 fully saturated rings. The number of benzene rings is 2. The Labute approximate surface area is 241 Å². The number of amides is 2. The van der Waals surface area contributed by atoms with Crippen molar-refractivity contribution in [1.29, 1.82) is 0 Å². The van der Waals surface area contributed by atoms with Crippen LogP contribution in [0.15, 0.2) is 66.9 Å². The van der Waals surface area contributed by atoms with Crippen LogP contribution in [-0.2, 0) is 22.6 Å². The summed E-state index contributed by atoms with van der Waals surface area (Å²) >= 11 is 0. The van der Waals surface area contributed by atoms with Gasteiger partial charge in [0.2, 0.25) is 5.91 Å². The molecule has 2 amide bonds. The number of aromatic nitrogens is 1. The molecule has 3 aromatic rings. The standard InChI is InChI=1S/C29H34N4O4.HI/c1-33(2)16-14-24(15-17-33)37-29(36)31-26-18-21(8-11-25(26)23-6-4-3-5-7-23)10-13-28(35)32-27-12-9-22(20-34)19-30-27;/h3-9,11-12,18-19,24,34H,10,13-17,20H2,1-2H3,(H-,30,31,32,35,36);1H. The van der Waals surface area contributed by atoms with Gasteiger partial charge in [-0.3, -0.25) is 10.1 Å². The maximum absolute atomic E-state index is 12.8. The third-order valence-corrected chi connectivity index (χ3v) is 6.71. The van der Waals surface area contributed by atoms with Crippen LogP contribution in [-0.4, -0.2) is 59.9 Å². The number of carbonyl (C=O) groups excluding carboxylic acids is 2. The zero-order chi connectivity index (χ0) is 26.3. The van der Waals surface area contributed by atoms with E-state index in [1.807, 2.05) is 48.5 Å². The number of rotatable bonds is 8. The highest BCUT2D eigenvalue weighted by Crippen LogP contribution is 2.30. The number of nitrogens with one attached hydrogen (secondary N) is 2. The van der Waals surface area contributed by atoms with Crippen molar-refractivity contribution in [3.8, 4) is 11.1 Å². The molecule has 0 atom stereocenters. The molecule has 0 aliphatic carbocycles. The number of ether oxygens (including phenoxy) is 1. The summed E-state index contributed by atoms with van der Waals surface area (Å²) in [6.07, 6.45) is 3.43. The minimum Gasteiger partial charge on any atom is -1.00 e. The number of likely N-dealkylation sites (tertiary alicyclic amines) is 1. The number of carbonyl (C=O) groups is 2. The van der Waals surface area contributed by atoms with E-state index >= 15 is 0 Å². The third-order valence-electron chi connectivity index (χ3n) is 6.71. The van der Waals surface area contributed by atoms with Gasteiger partial charge in [-0.25, -0.2) is 9.78 Å². The fourth-order valence-corrected chi connectivity index (χ4v) is 4.43. The first-order chi connectivity index (χ1) is 17.8. The molecule has 0 saturated carbocycles. The second kappa shape index (κ2) is 13.7. The second-order valence-electron chi connectivity index (χ2n) is 10.1. The summed E-state index contributed by atoms with van der Waals surface area (Å²) in [5.74, 6) is 0.278. The van der Waals surface area contributed by atoms with Crippen LogP contribution in [0, 0.1) is 0 Å². The van der Waals surface area contributed by atoms with Gasteiger partial charge < -0.3 is 43.6 Å². The Hall–Kier alpha value is -3.02. The van der Waals surface area contributed by atoms with E-state index in [1.165, 1.54) is 6.20 Å². The van der Waals surface area contributed by atoms with E-state index in [0.29, 0.717) is 23.5 Å². The molecule has 9 heteroatoms. The number of aliphatic hydroxyl groups excluding tert-OH is 1. The Bertz CT molecular complexity index is 1210. The zero-order valence-corrected chi connectivity index (χ0v) is 24.0. The maximum atomic E-state index is 12.8. The van der Waals surface area contributed by atoms with E-state index in [-0.39, 0.29) is 49.0 Å². The SMILES string of the molecule is C[N+]1(C)CCC(OC(=O)Nc2cc(CCC(=O)Nc3ccc(CO)cn3)ccc2-c2ccccc2)CC1.[I-]. The van der Waals surface area contributed by atoms with Crippen LogP contribution in [0.2, 0.25) is 0 Å². The van der Waals surface area contributed by atoms with Gasteiger partial charge in [0.05, 0.1) is 39.5 Å². The summed E-state index contributed by atoms with van der Waals surface area (Å²) in [5, 5.41) is 14.9. The Kier molecular flexibility index (Phi) is 10.6. The van der Waals surface area contributed by atoms with E-state index in [1.54, 1.807) is 12.1 Å². The lowest BCUT2D eigenvalue weighted by molar-refractivity contribution is -0.896. The summed E-state index contributed by atoms with van der Waals surface area (Å²) in [6, 6.07) is 19.1. The van der Waals surface area contributed by atoms with Crippen LogP contribution >= 0.6 is 0 Å². The number of quaternary nitrogens is 1. The number of aliphatic hydroxyl groups is 1. The number of anilines is 2. The fraction of sp³-hybridized carbons (Fsp3) is 0.345. The third kappa shape index (κ3) is 8.50. The maximum Gasteiger partial charge on any atom is 0.411 e. The second-order valence-corrected chi connectivity index (χ2v) is 10.1. The lowest BCUT2D eigenvalue weighted by Crippen LogP contribution is -3.00. The quantitative estimate of drug-likeness (QED) is 0.260. The molecular formula is C29H35IN4O4. The molecule has 1 aliphatic heterocycles. The number of nitrogens with zero attached hydrogens (tertiary/aromatic N) is 2. The van der Waals surface area contributed by atoms with Crippen LogP contribution in [0.3, 0.4) is 0 Å². The number of hydrogen-bond donors (Lipinski definition) is 3. The lowest BCUT2D eigenvalue weighted by Gasteiger charge is -2.36. The molecule has 0 unspecified atom stereocenters. The number of halogens is 1. The minimum absolute atomic E-state index is 0. The molecule has 0 radical (unpaired) electrons. The fourth-order valence-electron chi connectivity index (χ4n) is 4.43. The highest BCUT2D eigenvalue weighted by molar-refractivity contribution is 5.92. The van der Waals surface area contributed by atoms with Gasteiger partial charge in [-0.2, -0.15) is 0 Å². The van der Waals surface area contributed by atoms with Gasteiger partial charge in [0.15, 0.2) is 0 Å². The zero-order valence-electron chi connectivity index (χ0n) is 21.8. The Morgan fingerprint density at radius 3 is 2.37 bits per heavy atom. The van der Waals surface area contributed by atoms with Gasteiger partial charge in [-0.15, -0.1) is 0 Å². The van der Waals surface area contributed by atoms with E-state index in [9.17, 15) is 9.59 Å².